The molecule has 11 heteroatoms. The molecule has 0 unspecified atom stereocenters. The molecule has 0 spiro atoms. The van der Waals surface area contributed by atoms with Gasteiger partial charge in [0.15, 0.2) is 0 Å². The van der Waals surface area contributed by atoms with Crippen LogP contribution in [0.15, 0.2) is 95.5 Å². The monoisotopic (exact) mass is 501 g/mol. The van der Waals surface area contributed by atoms with Crippen molar-refractivity contribution in [1.82, 2.24) is 19.9 Å². The van der Waals surface area contributed by atoms with Crippen LogP contribution in [0.4, 0.5) is 11.4 Å². The van der Waals surface area contributed by atoms with Crippen molar-refractivity contribution in [2.75, 3.05) is 10.7 Å². The molecule has 1 aliphatic rings. The molecule has 3 heterocycles. The predicted octanol–water partition coefficient (Wildman–Crippen LogP) is 1.21. The average Bonchev–Trinajstić information content (AvgIpc) is 2.84. The van der Waals surface area contributed by atoms with Crippen molar-refractivity contribution in [2.24, 2.45) is 0 Å². The third-order valence-electron chi connectivity index (χ3n) is 5.51. The van der Waals surface area contributed by atoms with Gasteiger partial charge in [-0.25, -0.2) is 0 Å². The largest absolute Gasteiger partial charge is 1.00 e. The van der Waals surface area contributed by atoms with Gasteiger partial charge in [0.05, 0.1) is 40.9 Å². The first-order valence-corrected chi connectivity index (χ1v) is 12.6. The Hall–Kier alpha value is -2.34. The van der Waals surface area contributed by atoms with Gasteiger partial charge in [0.2, 0.25) is 0 Å². The minimum atomic E-state index is -4.29. The topological polar surface area (TPSA) is 109 Å². The van der Waals surface area contributed by atoms with Gasteiger partial charge in [-0.3, -0.25) is 24.5 Å². The molecule has 5 rings (SSSR count). The summed E-state index contributed by atoms with van der Waals surface area (Å²) < 4.78 is 33.7. The van der Waals surface area contributed by atoms with Crippen LogP contribution in [-0.4, -0.2) is 38.7 Å². The van der Waals surface area contributed by atoms with Gasteiger partial charge >= 0.3 is 29.6 Å². The van der Waals surface area contributed by atoms with Crippen LogP contribution in [0, 0.1) is 0 Å². The summed E-state index contributed by atoms with van der Waals surface area (Å²) in [7, 11) is -4.29. The maximum absolute atomic E-state index is 12.0. The third kappa shape index (κ3) is 4.61. The first-order chi connectivity index (χ1) is 16.0. The zero-order valence-electron chi connectivity index (χ0n) is 19.3. The molecule has 8 nitrogen and oxygen atoms in total. The van der Waals surface area contributed by atoms with E-state index >= 15 is 0 Å². The number of benzene rings is 2. The van der Waals surface area contributed by atoms with Gasteiger partial charge < -0.3 is 6.33 Å². The molecule has 2 aromatic carbocycles. The Labute approximate surface area is 225 Å². The quantitative estimate of drug-likeness (QED) is 0.308. The fourth-order valence-electron chi connectivity index (χ4n) is 4.15. The number of anilines is 2. The van der Waals surface area contributed by atoms with E-state index in [0.29, 0.717) is 11.4 Å². The third-order valence-corrected chi connectivity index (χ3v) is 7.36. The molecule has 0 aliphatic carbocycles. The van der Waals surface area contributed by atoms with E-state index in [1.807, 2.05) is 53.4 Å². The van der Waals surface area contributed by atoms with E-state index < -0.39 is 21.4 Å². The summed E-state index contributed by atoms with van der Waals surface area (Å²) in [4.78, 5) is 21.8. The average molecular weight is 502 g/mol. The molecule has 34 heavy (non-hydrogen) atoms. The SMILES string of the molecule is O=S(=O)(O)CCC(c1cnccn1)(c1cnccn1)N1c2ccccc2Sc2ccccc21.[H-].[Na+]. The maximum atomic E-state index is 12.0. The first kappa shape index (κ1) is 24.8. The second-order valence-electron chi connectivity index (χ2n) is 7.45. The van der Waals surface area contributed by atoms with Crippen molar-refractivity contribution >= 4 is 33.3 Å². The number of hydrogen-bond acceptors (Lipinski definition) is 8. The Morgan fingerprint density at radius 2 is 1.35 bits per heavy atom. The maximum Gasteiger partial charge on any atom is 1.00 e. The van der Waals surface area contributed by atoms with Gasteiger partial charge in [-0.2, -0.15) is 8.42 Å². The zero-order chi connectivity index (χ0) is 22.9. The van der Waals surface area contributed by atoms with Crippen molar-refractivity contribution < 1.29 is 44.0 Å². The van der Waals surface area contributed by atoms with Crippen molar-refractivity contribution in [3.05, 3.63) is 97.1 Å². The Morgan fingerprint density at radius 3 is 1.79 bits per heavy atom. The summed E-state index contributed by atoms with van der Waals surface area (Å²) >= 11 is 1.64. The van der Waals surface area contributed by atoms with Crippen LogP contribution >= 0.6 is 11.8 Å². The van der Waals surface area contributed by atoms with Crippen LogP contribution in [-0.2, 0) is 15.7 Å². The first-order valence-electron chi connectivity index (χ1n) is 10.1. The summed E-state index contributed by atoms with van der Waals surface area (Å²) in [6.07, 6.45) is 9.41. The summed E-state index contributed by atoms with van der Waals surface area (Å²) in [6.45, 7) is 0. The number of aromatic nitrogens is 4. The number of fused-ring (bicyclic) bond motifs is 2. The molecule has 1 aliphatic heterocycles. The number of hydrogen-bond donors (Lipinski definition) is 1. The molecule has 0 fully saturated rings. The van der Waals surface area contributed by atoms with E-state index in [-0.39, 0.29) is 37.4 Å². The molecule has 0 radical (unpaired) electrons. The van der Waals surface area contributed by atoms with Crippen LogP contribution in [0.2, 0.25) is 0 Å². The molecule has 0 saturated heterocycles. The molecule has 0 amide bonds. The number of nitrogens with zero attached hydrogens (tertiary/aromatic N) is 5. The van der Waals surface area contributed by atoms with E-state index in [1.165, 1.54) is 0 Å². The minimum absolute atomic E-state index is 0. The molecule has 0 bridgehead atoms. The van der Waals surface area contributed by atoms with Gasteiger partial charge in [-0.1, -0.05) is 36.0 Å². The smallest absolute Gasteiger partial charge is 1.00 e. The molecule has 4 aromatic rings. The fraction of sp³-hybridized carbons (Fsp3) is 0.130. The predicted molar refractivity (Wildman–Crippen MR) is 126 cm³/mol. The van der Waals surface area contributed by atoms with Crippen LogP contribution in [0.5, 0.6) is 0 Å². The van der Waals surface area contributed by atoms with E-state index in [9.17, 15) is 13.0 Å². The van der Waals surface area contributed by atoms with Gasteiger partial charge in [0.25, 0.3) is 10.1 Å². The molecule has 0 saturated carbocycles. The molecular weight excluding hydrogens is 481 g/mol. The van der Waals surface area contributed by atoms with E-state index in [0.717, 1.165) is 21.2 Å². The van der Waals surface area contributed by atoms with Crippen LogP contribution in [0.3, 0.4) is 0 Å². The van der Waals surface area contributed by atoms with E-state index in [4.69, 9.17) is 0 Å². The molecule has 0 atom stereocenters. The van der Waals surface area contributed by atoms with Crippen molar-refractivity contribution in [1.29, 1.82) is 0 Å². The van der Waals surface area contributed by atoms with Crippen molar-refractivity contribution in [3.63, 3.8) is 0 Å². The minimum Gasteiger partial charge on any atom is -1.00 e. The summed E-state index contributed by atoms with van der Waals surface area (Å²) in [5.74, 6) is -0.506. The second-order valence-corrected chi connectivity index (χ2v) is 10.1. The standard InChI is InChI=1S/C23H19N5O3S2.Na.H/c29-33(30,31)14-9-23(21-15-24-10-12-26-21,22-16-25-11-13-27-22)28-17-5-1-3-7-19(17)32-20-8-4-2-6-18(20)28;;/h1-8,10-13,15-16H,9,14H2,(H,29,30,31);;/q;+1;-1. The van der Waals surface area contributed by atoms with E-state index in [2.05, 4.69) is 19.9 Å². The summed E-state index contributed by atoms with van der Waals surface area (Å²) in [5, 5.41) is 0. The Kier molecular flexibility index (Phi) is 7.36. The van der Waals surface area contributed by atoms with Crippen LogP contribution in [0.25, 0.3) is 0 Å². The van der Waals surface area contributed by atoms with Gasteiger partial charge in [0, 0.05) is 34.6 Å². The Balaban J connectivity index is 0.00000171. The Morgan fingerprint density at radius 1 is 0.853 bits per heavy atom. The molecular formula is C23H20N5NaO3S2. The normalized spacial score (nSPS) is 12.9. The van der Waals surface area contributed by atoms with Gasteiger partial charge in [-0.15, -0.1) is 0 Å². The van der Waals surface area contributed by atoms with Gasteiger partial charge in [0.1, 0.15) is 5.54 Å². The van der Waals surface area contributed by atoms with Gasteiger partial charge in [-0.05, 0) is 30.7 Å². The van der Waals surface area contributed by atoms with Crippen molar-refractivity contribution in [2.45, 2.75) is 21.8 Å². The summed E-state index contributed by atoms with van der Waals surface area (Å²) in [5.41, 5.74) is 1.50. The fourth-order valence-corrected chi connectivity index (χ4v) is 5.76. The second kappa shape index (κ2) is 10.1. The summed E-state index contributed by atoms with van der Waals surface area (Å²) in [6, 6.07) is 15.8. The zero-order valence-corrected chi connectivity index (χ0v) is 21.9. The van der Waals surface area contributed by atoms with Crippen molar-refractivity contribution in [3.8, 4) is 0 Å². The molecule has 168 valence electrons. The Bertz CT molecular complexity index is 1310. The van der Waals surface area contributed by atoms with Crippen LogP contribution in [0.1, 0.15) is 19.2 Å². The number of para-hydroxylation sites is 2. The van der Waals surface area contributed by atoms with Crippen LogP contribution < -0.4 is 34.5 Å². The molecule has 1 N–H and O–H groups in total. The van der Waals surface area contributed by atoms with E-state index in [1.54, 1.807) is 48.9 Å². The number of rotatable bonds is 6. The molecule has 2 aromatic heterocycles.